The molecule has 3 aromatic rings. The SMILES string of the molecule is COc1ccc(NC(=O)c2cc(NS(=O)(=O)c3ccc(C)cc3)ccc2Cl)cc1OC. The number of carbonyl (C=O) groups excluding carboxylic acids is 1. The zero-order valence-corrected chi connectivity index (χ0v) is 18.7. The summed E-state index contributed by atoms with van der Waals surface area (Å²) in [6.45, 7) is 1.87. The maximum absolute atomic E-state index is 12.8. The molecular formula is C22H21ClN2O5S. The molecule has 0 aliphatic carbocycles. The van der Waals surface area contributed by atoms with Crippen molar-refractivity contribution in [3.05, 3.63) is 76.8 Å². The topological polar surface area (TPSA) is 93.7 Å². The van der Waals surface area contributed by atoms with E-state index >= 15 is 0 Å². The van der Waals surface area contributed by atoms with Crippen molar-refractivity contribution in [3.63, 3.8) is 0 Å². The van der Waals surface area contributed by atoms with Crippen molar-refractivity contribution in [1.82, 2.24) is 0 Å². The van der Waals surface area contributed by atoms with Gasteiger partial charge in [-0.3, -0.25) is 9.52 Å². The number of rotatable bonds is 7. The molecule has 1 amide bonds. The van der Waals surface area contributed by atoms with E-state index in [0.29, 0.717) is 17.2 Å². The highest BCUT2D eigenvalue weighted by molar-refractivity contribution is 7.92. The maximum atomic E-state index is 12.8. The summed E-state index contributed by atoms with van der Waals surface area (Å²) in [4.78, 5) is 12.9. The molecule has 0 heterocycles. The number of methoxy groups -OCH3 is 2. The predicted molar refractivity (Wildman–Crippen MR) is 121 cm³/mol. The highest BCUT2D eigenvalue weighted by Crippen LogP contribution is 2.30. The number of carbonyl (C=O) groups is 1. The molecule has 0 saturated carbocycles. The predicted octanol–water partition coefficient (Wildman–Crippen LogP) is 4.72. The third kappa shape index (κ3) is 5.28. The lowest BCUT2D eigenvalue weighted by molar-refractivity contribution is 0.102. The summed E-state index contributed by atoms with van der Waals surface area (Å²) >= 11 is 6.19. The molecule has 3 aromatic carbocycles. The number of aryl methyl sites for hydroxylation is 1. The van der Waals surface area contributed by atoms with Gasteiger partial charge in [0, 0.05) is 17.4 Å². The minimum atomic E-state index is -3.82. The first-order chi connectivity index (χ1) is 14.7. The number of halogens is 1. The summed E-state index contributed by atoms with van der Waals surface area (Å²) in [5.41, 5.74) is 1.73. The molecule has 0 unspecified atom stereocenters. The number of benzene rings is 3. The minimum absolute atomic E-state index is 0.112. The van der Waals surface area contributed by atoms with Gasteiger partial charge in [-0.05, 0) is 49.4 Å². The van der Waals surface area contributed by atoms with Crippen LogP contribution in [0.3, 0.4) is 0 Å². The lowest BCUT2D eigenvalue weighted by Gasteiger charge is -2.13. The fourth-order valence-corrected chi connectivity index (χ4v) is 4.06. The summed E-state index contributed by atoms with van der Waals surface area (Å²) in [6.07, 6.45) is 0. The summed E-state index contributed by atoms with van der Waals surface area (Å²) < 4.78 is 38.1. The first-order valence-electron chi connectivity index (χ1n) is 9.16. The number of hydrogen-bond acceptors (Lipinski definition) is 5. The molecule has 7 nitrogen and oxygen atoms in total. The van der Waals surface area contributed by atoms with Gasteiger partial charge in [0.25, 0.3) is 15.9 Å². The van der Waals surface area contributed by atoms with Crippen LogP contribution in [0.5, 0.6) is 11.5 Å². The Morgan fingerprint density at radius 2 is 1.52 bits per heavy atom. The van der Waals surface area contributed by atoms with Crippen molar-refractivity contribution >= 4 is 38.9 Å². The number of sulfonamides is 1. The van der Waals surface area contributed by atoms with Crippen LogP contribution in [0.4, 0.5) is 11.4 Å². The third-order valence-electron chi connectivity index (χ3n) is 4.44. The van der Waals surface area contributed by atoms with Gasteiger partial charge in [0.2, 0.25) is 0 Å². The molecule has 0 bridgehead atoms. The quantitative estimate of drug-likeness (QED) is 0.532. The highest BCUT2D eigenvalue weighted by Gasteiger charge is 2.17. The molecule has 0 atom stereocenters. The lowest BCUT2D eigenvalue weighted by Crippen LogP contribution is -2.15. The second-order valence-electron chi connectivity index (χ2n) is 6.64. The maximum Gasteiger partial charge on any atom is 0.261 e. The Balaban J connectivity index is 1.83. The second kappa shape index (κ2) is 9.28. The van der Waals surface area contributed by atoms with Gasteiger partial charge in [-0.2, -0.15) is 0 Å². The van der Waals surface area contributed by atoms with Gasteiger partial charge in [0.05, 0.1) is 29.7 Å². The van der Waals surface area contributed by atoms with Gasteiger partial charge in [0.15, 0.2) is 11.5 Å². The number of nitrogens with one attached hydrogen (secondary N) is 2. The van der Waals surface area contributed by atoms with Gasteiger partial charge in [0.1, 0.15) is 0 Å². The number of hydrogen-bond donors (Lipinski definition) is 2. The largest absolute Gasteiger partial charge is 0.493 e. The van der Waals surface area contributed by atoms with E-state index in [4.69, 9.17) is 21.1 Å². The van der Waals surface area contributed by atoms with Crippen molar-refractivity contribution in [2.45, 2.75) is 11.8 Å². The van der Waals surface area contributed by atoms with Crippen LogP contribution in [0.1, 0.15) is 15.9 Å². The average molecular weight is 461 g/mol. The number of anilines is 2. The van der Waals surface area contributed by atoms with E-state index in [0.717, 1.165) is 5.56 Å². The van der Waals surface area contributed by atoms with Crippen LogP contribution in [0.2, 0.25) is 5.02 Å². The lowest BCUT2D eigenvalue weighted by atomic mass is 10.2. The first kappa shape index (κ1) is 22.5. The van der Waals surface area contributed by atoms with Crippen molar-refractivity contribution in [3.8, 4) is 11.5 Å². The highest BCUT2D eigenvalue weighted by atomic mass is 35.5. The van der Waals surface area contributed by atoms with Gasteiger partial charge < -0.3 is 14.8 Å². The molecule has 9 heteroatoms. The Hall–Kier alpha value is -3.23. The van der Waals surface area contributed by atoms with Crippen molar-refractivity contribution < 1.29 is 22.7 Å². The van der Waals surface area contributed by atoms with Crippen molar-refractivity contribution in [2.24, 2.45) is 0 Å². The fraction of sp³-hybridized carbons (Fsp3) is 0.136. The van der Waals surface area contributed by atoms with Gasteiger partial charge in [-0.15, -0.1) is 0 Å². The summed E-state index contributed by atoms with van der Waals surface area (Å²) in [5, 5.41) is 2.89. The van der Waals surface area contributed by atoms with Crippen LogP contribution in [-0.4, -0.2) is 28.5 Å². The zero-order chi connectivity index (χ0) is 22.6. The Bertz CT molecular complexity index is 1210. The van der Waals surface area contributed by atoms with Crippen LogP contribution in [-0.2, 0) is 10.0 Å². The smallest absolute Gasteiger partial charge is 0.261 e. The Labute approximate surface area is 186 Å². The van der Waals surface area contributed by atoms with E-state index in [9.17, 15) is 13.2 Å². The average Bonchev–Trinajstić information content (AvgIpc) is 2.75. The van der Waals surface area contributed by atoms with Gasteiger partial charge >= 0.3 is 0 Å². The molecule has 31 heavy (non-hydrogen) atoms. The zero-order valence-electron chi connectivity index (χ0n) is 17.1. The van der Waals surface area contributed by atoms with E-state index in [1.165, 1.54) is 44.6 Å². The molecule has 2 N–H and O–H groups in total. The third-order valence-corrected chi connectivity index (χ3v) is 6.16. The van der Waals surface area contributed by atoms with Crippen LogP contribution in [0, 0.1) is 6.92 Å². The van der Waals surface area contributed by atoms with Crippen LogP contribution < -0.4 is 19.5 Å². The van der Waals surface area contributed by atoms with E-state index in [2.05, 4.69) is 10.0 Å². The van der Waals surface area contributed by atoms with Gasteiger partial charge in [-0.25, -0.2) is 8.42 Å². The standard InChI is InChI=1S/C22H21ClN2O5S/c1-14-4-8-17(9-5-14)31(27,28)25-16-6-10-19(23)18(12-16)22(26)24-15-7-11-20(29-2)21(13-15)30-3/h4-13,25H,1-3H3,(H,24,26). The molecular weight excluding hydrogens is 440 g/mol. The molecule has 0 aliphatic rings. The molecule has 0 spiro atoms. The van der Waals surface area contributed by atoms with E-state index in [1.807, 2.05) is 6.92 Å². The summed E-state index contributed by atoms with van der Waals surface area (Å²) in [7, 11) is -0.813. The van der Waals surface area contributed by atoms with E-state index in [1.54, 1.807) is 30.3 Å². The summed E-state index contributed by atoms with van der Waals surface area (Å²) in [5.74, 6) is 0.464. The Kier molecular flexibility index (Phi) is 6.72. The van der Waals surface area contributed by atoms with Gasteiger partial charge in [-0.1, -0.05) is 29.3 Å². The van der Waals surface area contributed by atoms with Crippen LogP contribution in [0.15, 0.2) is 65.6 Å². The monoisotopic (exact) mass is 460 g/mol. The molecule has 0 aliphatic heterocycles. The van der Waals surface area contributed by atoms with Crippen LogP contribution in [0.25, 0.3) is 0 Å². The summed E-state index contributed by atoms with van der Waals surface area (Å²) in [6, 6.07) is 15.7. The number of ether oxygens (including phenoxy) is 2. The number of amides is 1. The minimum Gasteiger partial charge on any atom is -0.493 e. The first-order valence-corrected chi connectivity index (χ1v) is 11.0. The molecule has 0 fully saturated rings. The van der Waals surface area contributed by atoms with Crippen LogP contribution >= 0.6 is 11.6 Å². The molecule has 0 radical (unpaired) electrons. The van der Waals surface area contributed by atoms with Crippen molar-refractivity contribution in [1.29, 1.82) is 0 Å². The Morgan fingerprint density at radius 1 is 0.871 bits per heavy atom. The molecule has 0 aromatic heterocycles. The molecule has 162 valence electrons. The van der Waals surface area contributed by atoms with E-state index < -0.39 is 15.9 Å². The van der Waals surface area contributed by atoms with Crippen molar-refractivity contribution in [2.75, 3.05) is 24.3 Å². The Morgan fingerprint density at radius 3 is 2.16 bits per heavy atom. The normalized spacial score (nSPS) is 11.0. The second-order valence-corrected chi connectivity index (χ2v) is 8.73. The fourth-order valence-electron chi connectivity index (χ4n) is 2.81. The molecule has 3 rings (SSSR count). The van der Waals surface area contributed by atoms with E-state index in [-0.39, 0.29) is 21.2 Å². The molecule has 0 saturated heterocycles.